The van der Waals surface area contributed by atoms with Gasteiger partial charge >= 0.3 is 5.97 Å². The molecule has 0 aliphatic carbocycles. The number of benzene rings is 2. The van der Waals surface area contributed by atoms with E-state index >= 15 is 0 Å². The van der Waals surface area contributed by atoms with E-state index in [1.54, 1.807) is 37.3 Å². The molecule has 0 atom stereocenters. The van der Waals surface area contributed by atoms with Crippen molar-refractivity contribution >= 4 is 17.6 Å². The van der Waals surface area contributed by atoms with E-state index in [-0.39, 0.29) is 23.8 Å². The maximum Gasteiger partial charge on any atom is 0.345 e. The second kappa shape index (κ2) is 7.99. The Labute approximate surface area is 156 Å². The van der Waals surface area contributed by atoms with Crippen molar-refractivity contribution in [1.82, 2.24) is 4.90 Å². The summed E-state index contributed by atoms with van der Waals surface area (Å²) in [6.45, 7) is 3.17. The molecule has 7 nitrogen and oxygen atoms in total. The zero-order valence-corrected chi connectivity index (χ0v) is 15.0. The van der Waals surface area contributed by atoms with E-state index in [0.717, 1.165) is 25.9 Å². The molecule has 2 aromatic rings. The first-order chi connectivity index (χ1) is 13.0. The van der Waals surface area contributed by atoms with Crippen molar-refractivity contribution in [2.75, 3.05) is 13.1 Å². The van der Waals surface area contributed by atoms with Gasteiger partial charge in [-0.3, -0.25) is 14.9 Å². The minimum absolute atomic E-state index is 0.00609. The van der Waals surface area contributed by atoms with Crippen molar-refractivity contribution in [2.24, 2.45) is 0 Å². The van der Waals surface area contributed by atoms with Gasteiger partial charge in [-0.2, -0.15) is 0 Å². The lowest BCUT2D eigenvalue weighted by Gasteiger charge is -2.15. The molecule has 1 saturated heterocycles. The zero-order chi connectivity index (χ0) is 19.4. The van der Waals surface area contributed by atoms with Crippen LogP contribution in [0.3, 0.4) is 0 Å². The molecule has 0 spiro atoms. The van der Waals surface area contributed by atoms with E-state index in [1.165, 1.54) is 12.1 Å². The number of esters is 1. The number of likely N-dealkylation sites (tertiary alicyclic amines) is 1. The highest BCUT2D eigenvalue weighted by molar-refractivity contribution is 5.95. The minimum Gasteiger partial charge on any atom is -0.457 e. The Bertz CT molecular complexity index is 870. The molecule has 1 heterocycles. The molecule has 0 aromatic heterocycles. The second-order valence-electron chi connectivity index (χ2n) is 6.50. The van der Waals surface area contributed by atoms with Gasteiger partial charge in [0.2, 0.25) is 0 Å². The molecule has 1 aliphatic heterocycles. The first-order valence-electron chi connectivity index (χ1n) is 8.76. The Kier molecular flexibility index (Phi) is 5.49. The molecule has 140 valence electrons. The summed E-state index contributed by atoms with van der Waals surface area (Å²) in [6.07, 6.45) is 2.07. The van der Waals surface area contributed by atoms with Crippen molar-refractivity contribution in [2.45, 2.75) is 26.4 Å². The number of amides is 1. The molecule has 7 heteroatoms. The number of hydrogen-bond acceptors (Lipinski definition) is 5. The Morgan fingerprint density at radius 1 is 1.11 bits per heavy atom. The van der Waals surface area contributed by atoms with Gasteiger partial charge in [-0.25, -0.2) is 4.79 Å². The monoisotopic (exact) mass is 368 g/mol. The van der Waals surface area contributed by atoms with Gasteiger partial charge in [-0.1, -0.05) is 24.3 Å². The first-order valence-corrected chi connectivity index (χ1v) is 8.76. The number of hydrogen-bond donors (Lipinski definition) is 0. The number of aryl methyl sites for hydroxylation is 1. The molecule has 3 rings (SSSR count). The largest absolute Gasteiger partial charge is 0.457 e. The van der Waals surface area contributed by atoms with Gasteiger partial charge in [-0.05, 0) is 43.0 Å². The summed E-state index contributed by atoms with van der Waals surface area (Å²) in [4.78, 5) is 37.0. The smallest absolute Gasteiger partial charge is 0.345 e. The van der Waals surface area contributed by atoms with Crippen LogP contribution in [0, 0.1) is 17.0 Å². The number of carbonyl (C=O) groups excluding carboxylic acids is 2. The average Bonchev–Trinajstić information content (AvgIpc) is 3.20. The molecule has 1 fully saturated rings. The predicted molar refractivity (Wildman–Crippen MR) is 98.5 cm³/mol. The fraction of sp³-hybridized carbons (Fsp3) is 0.300. The van der Waals surface area contributed by atoms with Crippen LogP contribution in [0.2, 0.25) is 0 Å². The molecule has 1 aliphatic rings. The number of rotatable bonds is 5. The third kappa shape index (κ3) is 4.13. The molecule has 27 heavy (non-hydrogen) atoms. The molecule has 0 N–H and O–H groups in total. The van der Waals surface area contributed by atoms with E-state index in [0.29, 0.717) is 16.7 Å². The van der Waals surface area contributed by atoms with Crippen LogP contribution in [0.1, 0.15) is 44.7 Å². The Morgan fingerprint density at radius 2 is 1.78 bits per heavy atom. The molecular formula is C20H20N2O5. The SMILES string of the molecule is Cc1cccc([N+](=O)[O-])c1C(=O)OCc1ccc(C(=O)N2CCCC2)cc1. The standard InChI is InChI=1S/C20H20N2O5/c1-14-5-4-6-17(22(25)26)18(14)20(24)27-13-15-7-9-16(10-8-15)19(23)21-11-2-3-12-21/h4-10H,2-3,11-13H2,1H3. The zero-order valence-electron chi connectivity index (χ0n) is 15.0. The van der Waals surface area contributed by atoms with Crippen molar-refractivity contribution < 1.29 is 19.2 Å². The van der Waals surface area contributed by atoms with Crippen LogP contribution < -0.4 is 0 Å². The lowest BCUT2D eigenvalue weighted by Crippen LogP contribution is -2.27. The third-order valence-electron chi connectivity index (χ3n) is 4.62. The maximum absolute atomic E-state index is 12.3. The van der Waals surface area contributed by atoms with Crippen LogP contribution >= 0.6 is 0 Å². The lowest BCUT2D eigenvalue weighted by molar-refractivity contribution is -0.385. The summed E-state index contributed by atoms with van der Waals surface area (Å²) in [6, 6.07) is 11.3. The first kappa shape index (κ1) is 18.6. The van der Waals surface area contributed by atoms with Crippen molar-refractivity contribution in [3.8, 4) is 0 Å². The van der Waals surface area contributed by atoms with Gasteiger partial charge in [0.1, 0.15) is 12.2 Å². The van der Waals surface area contributed by atoms with Crippen LogP contribution in [0.25, 0.3) is 0 Å². The van der Waals surface area contributed by atoms with Gasteiger partial charge in [0, 0.05) is 24.7 Å². The van der Waals surface area contributed by atoms with E-state index < -0.39 is 10.9 Å². The van der Waals surface area contributed by atoms with Gasteiger partial charge in [0.25, 0.3) is 11.6 Å². The van der Waals surface area contributed by atoms with Crippen LogP contribution in [0.5, 0.6) is 0 Å². The number of nitrogens with zero attached hydrogens (tertiary/aromatic N) is 2. The Morgan fingerprint density at radius 3 is 2.41 bits per heavy atom. The van der Waals surface area contributed by atoms with Gasteiger partial charge in [-0.15, -0.1) is 0 Å². The summed E-state index contributed by atoms with van der Waals surface area (Å²) in [5, 5.41) is 11.1. The van der Waals surface area contributed by atoms with E-state index in [1.807, 2.05) is 4.90 Å². The average molecular weight is 368 g/mol. The van der Waals surface area contributed by atoms with Crippen molar-refractivity contribution in [3.05, 3.63) is 74.8 Å². The van der Waals surface area contributed by atoms with Crippen LogP contribution in [-0.4, -0.2) is 34.8 Å². The molecule has 0 bridgehead atoms. The summed E-state index contributed by atoms with van der Waals surface area (Å²) in [5.41, 5.74) is 1.48. The highest BCUT2D eigenvalue weighted by Gasteiger charge is 2.23. The fourth-order valence-electron chi connectivity index (χ4n) is 3.14. The highest BCUT2D eigenvalue weighted by atomic mass is 16.6. The third-order valence-corrected chi connectivity index (χ3v) is 4.62. The van der Waals surface area contributed by atoms with Crippen LogP contribution in [0.4, 0.5) is 5.69 Å². The van der Waals surface area contributed by atoms with Gasteiger partial charge in [0.15, 0.2) is 0 Å². The van der Waals surface area contributed by atoms with E-state index in [2.05, 4.69) is 0 Å². The topological polar surface area (TPSA) is 89.7 Å². The summed E-state index contributed by atoms with van der Waals surface area (Å²) in [5.74, 6) is -0.733. The fourth-order valence-corrected chi connectivity index (χ4v) is 3.14. The van der Waals surface area contributed by atoms with Crippen LogP contribution in [-0.2, 0) is 11.3 Å². The number of nitro groups is 1. The second-order valence-corrected chi connectivity index (χ2v) is 6.50. The summed E-state index contributed by atoms with van der Waals surface area (Å²) in [7, 11) is 0. The normalized spacial score (nSPS) is 13.4. The molecular weight excluding hydrogens is 348 g/mol. The molecule has 0 unspecified atom stereocenters. The Balaban J connectivity index is 1.66. The van der Waals surface area contributed by atoms with Gasteiger partial charge < -0.3 is 9.64 Å². The maximum atomic E-state index is 12.3. The molecule has 1 amide bonds. The Hall–Kier alpha value is -3.22. The molecule has 0 saturated carbocycles. The lowest BCUT2D eigenvalue weighted by atomic mass is 10.1. The van der Waals surface area contributed by atoms with E-state index in [9.17, 15) is 19.7 Å². The van der Waals surface area contributed by atoms with Gasteiger partial charge in [0.05, 0.1) is 4.92 Å². The number of ether oxygens (including phenoxy) is 1. The number of carbonyl (C=O) groups is 2. The quantitative estimate of drug-likeness (QED) is 0.458. The minimum atomic E-state index is -0.739. The van der Waals surface area contributed by atoms with Crippen molar-refractivity contribution in [1.29, 1.82) is 0 Å². The summed E-state index contributed by atoms with van der Waals surface area (Å²) >= 11 is 0. The molecule has 0 radical (unpaired) electrons. The summed E-state index contributed by atoms with van der Waals surface area (Å²) < 4.78 is 5.25. The highest BCUT2D eigenvalue weighted by Crippen LogP contribution is 2.23. The van der Waals surface area contributed by atoms with E-state index in [4.69, 9.17) is 4.74 Å². The number of nitro benzene ring substituents is 1. The molecule has 2 aromatic carbocycles. The van der Waals surface area contributed by atoms with Crippen LogP contribution in [0.15, 0.2) is 42.5 Å². The predicted octanol–water partition coefficient (Wildman–Crippen LogP) is 3.50. The van der Waals surface area contributed by atoms with Crippen molar-refractivity contribution in [3.63, 3.8) is 0 Å².